The van der Waals surface area contributed by atoms with Gasteiger partial charge in [0.25, 0.3) is 0 Å². The number of amides is 2. The Morgan fingerprint density at radius 3 is 2.52 bits per heavy atom. The second-order valence-electron chi connectivity index (χ2n) is 7.73. The molecular weight excluding hydrogens is 408 g/mol. The number of urea groups is 1. The lowest BCUT2D eigenvalue weighted by atomic mass is 10.1. The van der Waals surface area contributed by atoms with E-state index in [-0.39, 0.29) is 6.03 Å². The van der Waals surface area contributed by atoms with E-state index in [1.54, 1.807) is 0 Å². The lowest BCUT2D eigenvalue weighted by Gasteiger charge is -2.34. The van der Waals surface area contributed by atoms with E-state index in [0.717, 1.165) is 55.8 Å². The molecule has 0 radical (unpaired) electrons. The molecule has 2 N–H and O–H groups in total. The van der Waals surface area contributed by atoms with Gasteiger partial charge in [0, 0.05) is 62.9 Å². The summed E-state index contributed by atoms with van der Waals surface area (Å²) >= 11 is 1.48. The maximum Gasteiger partial charge on any atom is 0.319 e. The zero-order valence-electron chi connectivity index (χ0n) is 17.8. The van der Waals surface area contributed by atoms with Gasteiger partial charge in [-0.2, -0.15) is 4.37 Å². The van der Waals surface area contributed by atoms with Gasteiger partial charge in [-0.1, -0.05) is 48.0 Å². The summed E-state index contributed by atoms with van der Waals surface area (Å²) in [6, 6.07) is 17.8. The van der Waals surface area contributed by atoms with Gasteiger partial charge in [0.15, 0.2) is 0 Å². The van der Waals surface area contributed by atoms with Crippen LogP contribution in [0.4, 0.5) is 15.6 Å². The normalized spacial score (nSPS) is 14.4. The average Bonchev–Trinajstić information content (AvgIpc) is 3.25. The highest BCUT2D eigenvalue weighted by Gasteiger charge is 2.20. The smallest absolute Gasteiger partial charge is 0.319 e. The molecular formula is C23H28N6OS. The van der Waals surface area contributed by atoms with Crippen molar-refractivity contribution in [3.05, 3.63) is 71.5 Å². The summed E-state index contributed by atoms with van der Waals surface area (Å²) in [5.74, 6) is 0.889. The maximum absolute atomic E-state index is 12.0. The van der Waals surface area contributed by atoms with E-state index >= 15 is 0 Å². The minimum atomic E-state index is -0.167. The van der Waals surface area contributed by atoms with Gasteiger partial charge in [-0.25, -0.2) is 9.78 Å². The summed E-state index contributed by atoms with van der Waals surface area (Å²) in [5.41, 5.74) is 3.30. The number of aryl methyl sites for hydroxylation is 1. The van der Waals surface area contributed by atoms with Gasteiger partial charge in [-0.3, -0.25) is 4.90 Å². The van der Waals surface area contributed by atoms with Crippen molar-refractivity contribution < 1.29 is 4.79 Å². The van der Waals surface area contributed by atoms with Gasteiger partial charge in [-0.15, -0.1) is 0 Å². The predicted molar refractivity (Wildman–Crippen MR) is 126 cm³/mol. The molecule has 3 aromatic rings. The van der Waals surface area contributed by atoms with E-state index in [9.17, 15) is 4.79 Å². The zero-order valence-corrected chi connectivity index (χ0v) is 18.6. The van der Waals surface area contributed by atoms with Gasteiger partial charge in [0.05, 0.1) is 0 Å². The van der Waals surface area contributed by atoms with Gasteiger partial charge in [0.1, 0.15) is 5.82 Å². The van der Waals surface area contributed by atoms with Crippen LogP contribution in [0.3, 0.4) is 0 Å². The molecule has 1 saturated heterocycles. The fourth-order valence-corrected chi connectivity index (χ4v) is 4.26. The molecule has 0 aliphatic carbocycles. The Labute approximate surface area is 187 Å². The van der Waals surface area contributed by atoms with Crippen molar-refractivity contribution in [2.24, 2.45) is 0 Å². The quantitative estimate of drug-likeness (QED) is 0.594. The Morgan fingerprint density at radius 2 is 1.77 bits per heavy atom. The van der Waals surface area contributed by atoms with Crippen molar-refractivity contribution in [1.29, 1.82) is 0 Å². The van der Waals surface area contributed by atoms with Crippen molar-refractivity contribution in [3.8, 4) is 0 Å². The maximum atomic E-state index is 12.0. The van der Waals surface area contributed by atoms with Crippen LogP contribution in [0.5, 0.6) is 0 Å². The topological polar surface area (TPSA) is 73.4 Å². The lowest BCUT2D eigenvalue weighted by molar-refractivity contribution is 0.240. The number of para-hydroxylation sites is 1. The first-order valence-corrected chi connectivity index (χ1v) is 11.4. The molecule has 1 aliphatic rings. The second-order valence-corrected chi connectivity index (χ2v) is 8.46. The number of piperazine rings is 1. The van der Waals surface area contributed by atoms with E-state index in [1.165, 1.54) is 22.7 Å². The Balaban J connectivity index is 1.17. The number of anilines is 2. The molecule has 0 atom stereocenters. The SMILES string of the molecule is Cc1ccc(Cc2nsc(N3CCN(CCNC(=O)Nc4ccccc4)CC3)n2)cc1. The van der Waals surface area contributed by atoms with E-state index in [1.807, 2.05) is 30.3 Å². The number of aromatic nitrogens is 2. The van der Waals surface area contributed by atoms with Gasteiger partial charge in [-0.05, 0) is 24.6 Å². The summed E-state index contributed by atoms with van der Waals surface area (Å²) in [5, 5.41) is 6.77. The number of rotatable bonds is 7. The number of carbonyl (C=O) groups excluding carboxylic acids is 1. The monoisotopic (exact) mass is 436 g/mol. The molecule has 1 aliphatic heterocycles. The van der Waals surface area contributed by atoms with Crippen LogP contribution in [-0.2, 0) is 6.42 Å². The van der Waals surface area contributed by atoms with Crippen molar-refractivity contribution >= 4 is 28.4 Å². The number of carbonyl (C=O) groups is 1. The Bertz CT molecular complexity index is 967. The molecule has 0 bridgehead atoms. The van der Waals surface area contributed by atoms with Crippen LogP contribution in [0.25, 0.3) is 0 Å². The summed E-state index contributed by atoms with van der Waals surface area (Å²) in [4.78, 5) is 21.4. The highest BCUT2D eigenvalue weighted by molar-refractivity contribution is 7.09. The van der Waals surface area contributed by atoms with Crippen molar-refractivity contribution in [3.63, 3.8) is 0 Å². The van der Waals surface area contributed by atoms with E-state index < -0.39 is 0 Å². The molecule has 1 aromatic heterocycles. The number of hydrogen-bond acceptors (Lipinski definition) is 6. The molecule has 4 rings (SSSR count). The van der Waals surface area contributed by atoms with Gasteiger partial charge >= 0.3 is 6.03 Å². The zero-order chi connectivity index (χ0) is 21.5. The molecule has 2 heterocycles. The summed E-state index contributed by atoms with van der Waals surface area (Å²) in [6.45, 7) is 7.32. The van der Waals surface area contributed by atoms with Crippen LogP contribution in [0, 0.1) is 6.92 Å². The van der Waals surface area contributed by atoms with Crippen LogP contribution in [-0.4, -0.2) is 59.6 Å². The Kier molecular flexibility index (Phi) is 7.11. The van der Waals surface area contributed by atoms with E-state index in [4.69, 9.17) is 4.98 Å². The third-order valence-electron chi connectivity index (χ3n) is 5.33. The van der Waals surface area contributed by atoms with Crippen LogP contribution in [0.1, 0.15) is 17.0 Å². The van der Waals surface area contributed by atoms with Crippen LogP contribution >= 0.6 is 11.5 Å². The average molecular weight is 437 g/mol. The highest BCUT2D eigenvalue weighted by Crippen LogP contribution is 2.20. The molecule has 1 fully saturated rings. The summed E-state index contributed by atoms with van der Waals surface area (Å²) < 4.78 is 4.55. The molecule has 162 valence electrons. The largest absolute Gasteiger partial charge is 0.344 e. The molecule has 2 amide bonds. The van der Waals surface area contributed by atoms with Gasteiger partial charge in [0.2, 0.25) is 5.13 Å². The molecule has 0 unspecified atom stereocenters. The second kappa shape index (κ2) is 10.4. The first kappa shape index (κ1) is 21.3. The minimum Gasteiger partial charge on any atom is -0.344 e. The number of hydrogen-bond donors (Lipinski definition) is 2. The van der Waals surface area contributed by atoms with Gasteiger partial charge < -0.3 is 15.5 Å². The molecule has 8 heteroatoms. The number of benzene rings is 2. The Hall–Kier alpha value is -2.97. The number of nitrogens with one attached hydrogen (secondary N) is 2. The summed E-state index contributed by atoms with van der Waals surface area (Å²) in [6.07, 6.45) is 0.771. The van der Waals surface area contributed by atoms with Crippen molar-refractivity contribution in [2.75, 3.05) is 49.5 Å². The first-order chi connectivity index (χ1) is 15.2. The molecule has 7 nitrogen and oxygen atoms in total. The van der Waals surface area contributed by atoms with Crippen LogP contribution in [0.15, 0.2) is 54.6 Å². The highest BCUT2D eigenvalue weighted by atomic mass is 32.1. The molecule has 2 aromatic carbocycles. The Morgan fingerprint density at radius 1 is 1.03 bits per heavy atom. The molecule has 0 spiro atoms. The lowest BCUT2D eigenvalue weighted by Crippen LogP contribution is -2.48. The fourth-order valence-electron chi connectivity index (χ4n) is 3.52. The minimum absolute atomic E-state index is 0.167. The van der Waals surface area contributed by atoms with E-state index in [0.29, 0.717) is 6.54 Å². The van der Waals surface area contributed by atoms with Crippen molar-refractivity contribution in [2.45, 2.75) is 13.3 Å². The van der Waals surface area contributed by atoms with Crippen LogP contribution in [0.2, 0.25) is 0 Å². The molecule has 0 saturated carbocycles. The first-order valence-electron chi connectivity index (χ1n) is 10.6. The third-order valence-corrected chi connectivity index (χ3v) is 6.14. The summed E-state index contributed by atoms with van der Waals surface area (Å²) in [7, 11) is 0. The molecule has 31 heavy (non-hydrogen) atoms. The number of nitrogens with zero attached hydrogens (tertiary/aromatic N) is 4. The standard InChI is InChI=1S/C23H28N6OS/c1-18-7-9-19(10-8-18)17-21-26-23(31-27-21)29-15-13-28(14-16-29)12-11-24-22(30)25-20-5-3-2-4-6-20/h2-10H,11-17H2,1H3,(H2,24,25,30). The van der Waals surface area contributed by atoms with Crippen LogP contribution < -0.4 is 15.5 Å². The third kappa shape index (κ3) is 6.26. The predicted octanol–water partition coefficient (Wildman–Crippen LogP) is 3.38. The fraction of sp³-hybridized carbons (Fsp3) is 0.348. The van der Waals surface area contributed by atoms with E-state index in [2.05, 4.69) is 56.0 Å². The van der Waals surface area contributed by atoms with Crippen molar-refractivity contribution in [1.82, 2.24) is 19.6 Å².